The molecule has 2 saturated heterocycles. The van der Waals surface area contributed by atoms with Crippen LogP contribution in [0.1, 0.15) is 26.2 Å². The van der Waals surface area contributed by atoms with Crippen molar-refractivity contribution in [3.63, 3.8) is 0 Å². The Balaban J connectivity index is 2.08. The number of fused-ring (bicyclic) bond motifs is 1. The van der Waals surface area contributed by atoms with Gasteiger partial charge in [-0.3, -0.25) is 15.2 Å². The number of aliphatic hydroxyl groups excluding tert-OH is 1. The number of terminal acetylenes is 1. The highest BCUT2D eigenvalue weighted by Crippen LogP contribution is 2.44. The van der Waals surface area contributed by atoms with Crippen molar-refractivity contribution in [1.29, 1.82) is 0 Å². The second-order valence-corrected chi connectivity index (χ2v) is 6.18. The molecule has 0 aromatic carbocycles. The van der Waals surface area contributed by atoms with E-state index in [4.69, 9.17) is 11.2 Å². The molecule has 5 atom stereocenters. The van der Waals surface area contributed by atoms with Gasteiger partial charge in [0.2, 0.25) is 0 Å². The van der Waals surface area contributed by atoms with E-state index < -0.39 is 35.9 Å². The largest absolute Gasteiger partial charge is 0.390 e. The fraction of sp³-hybridized carbons (Fsp3) is 0.733. The van der Waals surface area contributed by atoms with Crippen molar-refractivity contribution >= 4 is 12.2 Å². The van der Waals surface area contributed by atoms with Crippen molar-refractivity contribution in [3.05, 3.63) is 0 Å². The van der Waals surface area contributed by atoms with Gasteiger partial charge in [-0.1, -0.05) is 12.8 Å². The van der Waals surface area contributed by atoms with Crippen molar-refractivity contribution in [2.45, 2.75) is 56.0 Å². The molecular weight excluding hydrogens is 319 g/mol. The summed E-state index contributed by atoms with van der Waals surface area (Å²) < 4.78 is 21.4. The Morgan fingerprint density at radius 1 is 1.71 bits per heavy atom. The van der Waals surface area contributed by atoms with Crippen LogP contribution in [0.15, 0.2) is 4.99 Å². The second kappa shape index (κ2) is 5.97. The predicted molar refractivity (Wildman–Crippen MR) is 81.8 cm³/mol. The van der Waals surface area contributed by atoms with Gasteiger partial charge in [0, 0.05) is 12.8 Å². The summed E-state index contributed by atoms with van der Waals surface area (Å²) in [5, 5.41) is 23.5. The maximum absolute atomic E-state index is 15.9. The molecule has 3 rings (SSSR count). The Bertz CT molecular complexity index is 591. The third-order valence-corrected chi connectivity index (χ3v) is 4.93. The number of nitrogens with zero attached hydrogens (tertiary/aromatic N) is 3. The summed E-state index contributed by atoms with van der Waals surface area (Å²) in [6, 6.07) is -0.818. The minimum absolute atomic E-state index is 0.131. The van der Waals surface area contributed by atoms with Crippen LogP contribution < -0.4 is 5.32 Å². The average Bonchev–Trinajstić information content (AvgIpc) is 3.15. The Kier molecular flexibility index (Phi) is 4.25. The SMILES string of the molecule is C#CCN1C(=O)NC2(F)N(O)C(C3CCCO3)N=C[C@@]12C(O)CC. The van der Waals surface area contributed by atoms with Crippen LogP contribution >= 0.6 is 0 Å². The van der Waals surface area contributed by atoms with Crippen molar-refractivity contribution < 1.29 is 24.2 Å². The lowest BCUT2D eigenvalue weighted by Gasteiger charge is -2.50. The number of hydroxylamine groups is 2. The number of alkyl halides is 1. The lowest BCUT2D eigenvalue weighted by Crippen LogP contribution is -2.76. The summed E-state index contributed by atoms with van der Waals surface area (Å²) in [4.78, 5) is 17.5. The van der Waals surface area contributed by atoms with Gasteiger partial charge in [-0.2, -0.15) is 4.39 Å². The van der Waals surface area contributed by atoms with E-state index in [2.05, 4.69) is 16.2 Å². The molecule has 3 heterocycles. The lowest BCUT2D eigenvalue weighted by molar-refractivity contribution is -0.302. The summed E-state index contributed by atoms with van der Waals surface area (Å²) in [5.41, 5.74) is -1.92. The van der Waals surface area contributed by atoms with Crippen molar-refractivity contribution in [1.82, 2.24) is 15.3 Å². The molecule has 0 spiro atoms. The van der Waals surface area contributed by atoms with E-state index in [1.165, 1.54) is 6.21 Å². The number of carbonyl (C=O) groups excluding carboxylic acids is 1. The van der Waals surface area contributed by atoms with Crippen LogP contribution in [-0.2, 0) is 4.74 Å². The Morgan fingerprint density at radius 3 is 3.04 bits per heavy atom. The molecule has 0 aromatic rings. The van der Waals surface area contributed by atoms with E-state index in [1.54, 1.807) is 6.92 Å². The summed E-state index contributed by atoms with van der Waals surface area (Å²) in [5.74, 6) is -0.493. The van der Waals surface area contributed by atoms with Gasteiger partial charge < -0.3 is 15.1 Å². The van der Waals surface area contributed by atoms with Gasteiger partial charge in [-0.15, -0.1) is 11.5 Å². The number of hydrogen-bond donors (Lipinski definition) is 3. The van der Waals surface area contributed by atoms with E-state index in [0.717, 1.165) is 11.3 Å². The molecule has 0 saturated carbocycles. The Hall–Kier alpha value is -1.73. The van der Waals surface area contributed by atoms with Crippen LogP contribution in [0, 0.1) is 12.3 Å². The second-order valence-electron chi connectivity index (χ2n) is 6.18. The van der Waals surface area contributed by atoms with E-state index in [0.29, 0.717) is 18.1 Å². The molecular formula is C15H21FN4O4. The summed E-state index contributed by atoms with van der Waals surface area (Å²) >= 11 is 0. The maximum Gasteiger partial charge on any atom is 0.322 e. The molecule has 0 bridgehead atoms. The number of halogens is 1. The standard InChI is InChI=1S/C15H21FN4O4/c1-3-7-19-13(22)18-15(16)14(19,11(21)4-2)9-17-12(20(15)23)10-6-5-8-24-10/h1,9-12,21,23H,4-8H2,2H3,(H,18,22)/t10?,11?,12?,14-,15?/m0/s1. The predicted octanol–water partition coefficient (Wildman–Crippen LogP) is 0.0585. The molecule has 0 aliphatic carbocycles. The number of urea groups is 1. The molecule has 0 radical (unpaired) electrons. The van der Waals surface area contributed by atoms with Crippen LogP contribution in [0.3, 0.4) is 0 Å². The van der Waals surface area contributed by atoms with Gasteiger partial charge in [0.1, 0.15) is 0 Å². The fourth-order valence-electron chi connectivity index (χ4n) is 3.67. The first-order chi connectivity index (χ1) is 11.4. The van der Waals surface area contributed by atoms with Crippen molar-refractivity contribution in [2.75, 3.05) is 13.2 Å². The molecule has 3 aliphatic rings. The molecule has 2 amide bonds. The Morgan fingerprint density at radius 2 is 2.46 bits per heavy atom. The van der Waals surface area contributed by atoms with Gasteiger partial charge in [0.15, 0.2) is 11.7 Å². The van der Waals surface area contributed by atoms with E-state index in [9.17, 15) is 15.1 Å². The zero-order valence-corrected chi connectivity index (χ0v) is 13.4. The van der Waals surface area contributed by atoms with Crippen molar-refractivity contribution in [2.24, 2.45) is 4.99 Å². The summed E-state index contributed by atoms with van der Waals surface area (Å²) in [6.45, 7) is 1.90. The monoisotopic (exact) mass is 340 g/mol. The number of aliphatic hydroxyl groups is 1. The van der Waals surface area contributed by atoms with Crippen LogP contribution in [0.2, 0.25) is 0 Å². The molecule has 3 N–H and O–H groups in total. The van der Waals surface area contributed by atoms with Gasteiger partial charge in [-0.25, -0.2) is 4.79 Å². The molecule has 0 aromatic heterocycles. The Labute approximate surface area is 139 Å². The summed E-state index contributed by atoms with van der Waals surface area (Å²) in [6.07, 6.45) is 5.17. The smallest absolute Gasteiger partial charge is 0.322 e. The first-order valence-corrected chi connectivity index (χ1v) is 7.96. The normalized spacial score (nSPS) is 40.3. The zero-order valence-electron chi connectivity index (χ0n) is 13.4. The quantitative estimate of drug-likeness (QED) is 0.497. The van der Waals surface area contributed by atoms with Crippen LogP contribution in [0.5, 0.6) is 0 Å². The maximum atomic E-state index is 15.9. The number of rotatable bonds is 4. The van der Waals surface area contributed by atoms with E-state index in [-0.39, 0.29) is 13.0 Å². The highest BCUT2D eigenvalue weighted by molar-refractivity contribution is 5.90. The zero-order chi connectivity index (χ0) is 17.5. The van der Waals surface area contributed by atoms with E-state index >= 15 is 4.39 Å². The molecule has 9 heteroatoms. The van der Waals surface area contributed by atoms with Crippen molar-refractivity contribution in [3.8, 4) is 12.3 Å². The van der Waals surface area contributed by atoms with E-state index in [1.807, 2.05) is 0 Å². The number of carbonyl (C=O) groups is 1. The summed E-state index contributed by atoms with van der Waals surface area (Å²) in [7, 11) is 0. The average molecular weight is 340 g/mol. The third-order valence-electron chi connectivity index (χ3n) is 4.93. The minimum atomic E-state index is -2.77. The van der Waals surface area contributed by atoms with Crippen LogP contribution in [0.25, 0.3) is 0 Å². The topological polar surface area (TPSA) is 97.6 Å². The highest BCUT2D eigenvalue weighted by Gasteiger charge is 2.72. The highest BCUT2D eigenvalue weighted by atomic mass is 19.2. The molecule has 2 fully saturated rings. The number of ether oxygens (including phenoxy) is 1. The van der Waals surface area contributed by atoms with Gasteiger partial charge in [0.25, 0.3) is 5.92 Å². The molecule has 132 valence electrons. The van der Waals surface area contributed by atoms with Gasteiger partial charge in [-0.05, 0) is 19.3 Å². The number of amides is 2. The molecule has 24 heavy (non-hydrogen) atoms. The van der Waals surface area contributed by atoms with Gasteiger partial charge >= 0.3 is 6.03 Å². The fourth-order valence-corrected chi connectivity index (χ4v) is 3.67. The van der Waals surface area contributed by atoms with Gasteiger partial charge in [0.05, 0.1) is 18.8 Å². The molecule has 3 aliphatic heterocycles. The number of nitrogens with one attached hydrogen (secondary N) is 1. The molecule has 4 unspecified atom stereocenters. The number of aliphatic imine (C=N–C) groups is 1. The molecule has 8 nitrogen and oxygen atoms in total. The lowest BCUT2D eigenvalue weighted by atomic mass is 9.84. The first-order valence-electron chi connectivity index (χ1n) is 7.96. The van der Waals surface area contributed by atoms with Crippen LogP contribution in [0.4, 0.5) is 9.18 Å². The van der Waals surface area contributed by atoms with Crippen LogP contribution in [-0.4, -0.2) is 75.5 Å². The first kappa shape index (κ1) is 17.1. The number of hydrogen-bond acceptors (Lipinski definition) is 6. The third kappa shape index (κ3) is 2.07. The minimum Gasteiger partial charge on any atom is -0.390 e.